The number of carbonyl (C=O) groups excluding carboxylic acids is 1. The summed E-state index contributed by atoms with van der Waals surface area (Å²) in [6, 6.07) is 9.94. The van der Waals surface area contributed by atoms with Gasteiger partial charge in [0.05, 0.1) is 0 Å². The van der Waals surface area contributed by atoms with E-state index in [0.717, 1.165) is 17.6 Å². The van der Waals surface area contributed by atoms with E-state index in [1.807, 2.05) is 57.4 Å². The van der Waals surface area contributed by atoms with Crippen LogP contribution in [-0.2, 0) is 4.79 Å². The number of amides is 1. The summed E-state index contributed by atoms with van der Waals surface area (Å²) >= 11 is 0. The number of nitrogens with one attached hydrogen (secondary N) is 1. The van der Waals surface area contributed by atoms with Crippen molar-refractivity contribution in [1.82, 2.24) is 10.2 Å². The van der Waals surface area contributed by atoms with E-state index in [2.05, 4.69) is 24.1 Å². The Labute approximate surface area is 122 Å². The van der Waals surface area contributed by atoms with Crippen LogP contribution in [0.1, 0.15) is 32.8 Å². The maximum atomic E-state index is 12.2. The second-order valence-electron chi connectivity index (χ2n) is 5.82. The summed E-state index contributed by atoms with van der Waals surface area (Å²) in [5, 5.41) is 3.03. The zero-order valence-electron chi connectivity index (χ0n) is 13.2. The first-order chi connectivity index (χ1) is 9.36. The van der Waals surface area contributed by atoms with E-state index >= 15 is 0 Å². The highest BCUT2D eigenvalue weighted by Gasteiger charge is 2.21. The zero-order valence-corrected chi connectivity index (χ0v) is 13.2. The molecule has 1 N–H and O–H groups in total. The molecule has 0 aliphatic rings. The first-order valence-electron chi connectivity index (χ1n) is 7.08. The average Bonchev–Trinajstić information content (AvgIpc) is 2.43. The summed E-state index contributed by atoms with van der Waals surface area (Å²) < 4.78 is 0. The largest absolute Gasteiger partial charge is 0.350 e. The standard InChI is InChI=1S/C17H26N2O/c1-6-15(12-14-10-8-7-9-11-14)16(20)18-13-17(2,3)19(4)5/h7-12H,6,13H2,1-5H3,(H,18,20)/b15-12+. The molecule has 0 aromatic heterocycles. The Morgan fingerprint density at radius 2 is 1.85 bits per heavy atom. The molecule has 3 nitrogen and oxygen atoms in total. The Morgan fingerprint density at radius 3 is 2.35 bits per heavy atom. The number of nitrogens with zero attached hydrogens (tertiary/aromatic N) is 1. The Kier molecular flexibility index (Phi) is 5.96. The van der Waals surface area contributed by atoms with E-state index in [1.54, 1.807) is 0 Å². The van der Waals surface area contributed by atoms with E-state index in [0.29, 0.717) is 6.54 Å². The van der Waals surface area contributed by atoms with Crippen LogP contribution in [0.5, 0.6) is 0 Å². The van der Waals surface area contributed by atoms with Crippen molar-refractivity contribution in [2.24, 2.45) is 0 Å². The van der Waals surface area contributed by atoms with Crippen molar-refractivity contribution in [2.75, 3.05) is 20.6 Å². The lowest BCUT2D eigenvalue weighted by atomic mass is 10.0. The van der Waals surface area contributed by atoms with Gasteiger partial charge in [0.15, 0.2) is 0 Å². The molecule has 0 aliphatic heterocycles. The monoisotopic (exact) mass is 274 g/mol. The molecule has 0 saturated carbocycles. The lowest BCUT2D eigenvalue weighted by molar-refractivity contribution is -0.118. The molecule has 0 spiro atoms. The summed E-state index contributed by atoms with van der Waals surface area (Å²) in [6.45, 7) is 6.86. The van der Waals surface area contributed by atoms with Crippen LogP contribution in [0.25, 0.3) is 6.08 Å². The predicted molar refractivity (Wildman–Crippen MR) is 85.5 cm³/mol. The quantitative estimate of drug-likeness (QED) is 0.809. The SMILES string of the molecule is CC/C(=C\c1ccccc1)C(=O)NCC(C)(C)N(C)C. The molecule has 1 aromatic rings. The Balaban J connectivity index is 2.72. The third kappa shape index (κ3) is 4.82. The smallest absolute Gasteiger partial charge is 0.247 e. The Morgan fingerprint density at radius 1 is 1.25 bits per heavy atom. The van der Waals surface area contributed by atoms with E-state index in [4.69, 9.17) is 0 Å². The third-order valence-electron chi connectivity index (χ3n) is 3.71. The number of hydrogen-bond acceptors (Lipinski definition) is 2. The molecule has 0 aliphatic carbocycles. The number of rotatable bonds is 6. The van der Waals surface area contributed by atoms with Crippen LogP contribution in [0.2, 0.25) is 0 Å². The van der Waals surface area contributed by atoms with Crippen LogP contribution in [-0.4, -0.2) is 37.0 Å². The molecule has 0 atom stereocenters. The van der Waals surface area contributed by atoms with Crippen LogP contribution in [0, 0.1) is 0 Å². The first-order valence-corrected chi connectivity index (χ1v) is 7.08. The molecule has 110 valence electrons. The zero-order chi connectivity index (χ0) is 15.2. The van der Waals surface area contributed by atoms with Gasteiger partial charge in [0.1, 0.15) is 0 Å². The van der Waals surface area contributed by atoms with Gasteiger partial charge in [-0.25, -0.2) is 0 Å². The highest BCUT2D eigenvalue weighted by Crippen LogP contribution is 2.12. The summed E-state index contributed by atoms with van der Waals surface area (Å²) in [4.78, 5) is 14.4. The van der Waals surface area contributed by atoms with Gasteiger partial charge < -0.3 is 10.2 Å². The normalized spacial score (nSPS) is 12.6. The second-order valence-corrected chi connectivity index (χ2v) is 5.82. The first kappa shape index (κ1) is 16.4. The molecule has 1 aromatic carbocycles. The van der Waals surface area contributed by atoms with Crippen LogP contribution in [0.3, 0.4) is 0 Å². The summed E-state index contributed by atoms with van der Waals surface area (Å²) in [6.07, 6.45) is 2.68. The second kappa shape index (κ2) is 7.25. The minimum atomic E-state index is -0.0543. The molecule has 0 heterocycles. The van der Waals surface area contributed by atoms with Crippen molar-refractivity contribution in [1.29, 1.82) is 0 Å². The van der Waals surface area contributed by atoms with Gasteiger partial charge in [-0.3, -0.25) is 4.79 Å². The molecule has 1 amide bonds. The van der Waals surface area contributed by atoms with Crippen LogP contribution >= 0.6 is 0 Å². The van der Waals surface area contributed by atoms with Gasteiger partial charge in [-0.1, -0.05) is 37.3 Å². The van der Waals surface area contributed by atoms with Gasteiger partial charge >= 0.3 is 0 Å². The van der Waals surface area contributed by atoms with Crippen molar-refractivity contribution in [3.63, 3.8) is 0 Å². The topological polar surface area (TPSA) is 32.3 Å². The van der Waals surface area contributed by atoms with Gasteiger partial charge in [-0.05, 0) is 46.0 Å². The van der Waals surface area contributed by atoms with Gasteiger partial charge in [-0.2, -0.15) is 0 Å². The minimum Gasteiger partial charge on any atom is -0.350 e. The third-order valence-corrected chi connectivity index (χ3v) is 3.71. The summed E-state index contributed by atoms with van der Waals surface area (Å²) in [7, 11) is 4.04. The average molecular weight is 274 g/mol. The molecule has 0 fully saturated rings. The molecule has 20 heavy (non-hydrogen) atoms. The van der Waals surface area contributed by atoms with E-state index in [1.165, 1.54) is 0 Å². The fraction of sp³-hybridized carbons (Fsp3) is 0.471. The molecule has 3 heteroatoms. The van der Waals surface area contributed by atoms with Crippen molar-refractivity contribution >= 4 is 12.0 Å². The predicted octanol–water partition coefficient (Wildman–Crippen LogP) is 2.94. The Bertz CT molecular complexity index is 461. The maximum absolute atomic E-state index is 12.2. The van der Waals surface area contributed by atoms with E-state index in [9.17, 15) is 4.79 Å². The number of carbonyl (C=O) groups is 1. The lowest BCUT2D eigenvalue weighted by Gasteiger charge is -2.32. The van der Waals surface area contributed by atoms with Gasteiger partial charge in [0.2, 0.25) is 5.91 Å². The van der Waals surface area contributed by atoms with Crippen LogP contribution in [0.15, 0.2) is 35.9 Å². The molecule has 0 unspecified atom stereocenters. The lowest BCUT2D eigenvalue weighted by Crippen LogP contribution is -2.48. The fourth-order valence-electron chi connectivity index (χ4n) is 1.65. The molecule has 0 radical (unpaired) electrons. The molecular weight excluding hydrogens is 248 g/mol. The van der Waals surface area contributed by atoms with E-state index in [-0.39, 0.29) is 11.4 Å². The van der Waals surface area contributed by atoms with Gasteiger partial charge in [0.25, 0.3) is 0 Å². The number of benzene rings is 1. The minimum absolute atomic E-state index is 0.0197. The molecule has 0 bridgehead atoms. The number of likely N-dealkylation sites (N-methyl/N-ethyl adjacent to an activating group) is 1. The molecular formula is C17H26N2O. The fourth-order valence-corrected chi connectivity index (χ4v) is 1.65. The maximum Gasteiger partial charge on any atom is 0.247 e. The van der Waals surface area contributed by atoms with E-state index < -0.39 is 0 Å². The Hall–Kier alpha value is -1.61. The summed E-state index contributed by atoms with van der Waals surface area (Å²) in [5.74, 6) is 0.0197. The van der Waals surface area contributed by atoms with Crippen LogP contribution in [0.4, 0.5) is 0 Å². The van der Waals surface area contributed by atoms with Crippen molar-refractivity contribution < 1.29 is 4.79 Å². The molecule has 1 rings (SSSR count). The highest BCUT2D eigenvalue weighted by atomic mass is 16.1. The van der Waals surface area contributed by atoms with Crippen molar-refractivity contribution in [2.45, 2.75) is 32.7 Å². The van der Waals surface area contributed by atoms with Crippen LogP contribution < -0.4 is 5.32 Å². The van der Waals surface area contributed by atoms with Crippen molar-refractivity contribution in [3.05, 3.63) is 41.5 Å². The van der Waals surface area contributed by atoms with Crippen molar-refractivity contribution in [3.8, 4) is 0 Å². The molecule has 0 saturated heterocycles. The highest BCUT2D eigenvalue weighted by molar-refractivity contribution is 5.97. The van der Waals surface area contributed by atoms with Gasteiger partial charge in [0, 0.05) is 17.7 Å². The number of hydrogen-bond donors (Lipinski definition) is 1. The van der Waals surface area contributed by atoms with Gasteiger partial charge in [-0.15, -0.1) is 0 Å². The summed E-state index contributed by atoms with van der Waals surface area (Å²) in [5.41, 5.74) is 1.82.